The van der Waals surface area contributed by atoms with Crippen LogP contribution in [0, 0.1) is 5.82 Å². The average molecular weight is 453 g/mol. The molecule has 3 aromatic carbocycles. The number of carbonyl (C=O) groups is 1. The highest BCUT2D eigenvalue weighted by atomic mass is 35.5. The van der Waals surface area contributed by atoms with Crippen molar-refractivity contribution in [2.24, 2.45) is 0 Å². The van der Waals surface area contributed by atoms with Crippen LogP contribution in [0.15, 0.2) is 90.3 Å². The number of nitrogens with zero attached hydrogens (tertiary/aromatic N) is 3. The summed E-state index contributed by atoms with van der Waals surface area (Å²) < 4.78 is 15.7. The number of thioether (sulfide) groups is 1. The fourth-order valence-electron chi connectivity index (χ4n) is 3.13. The molecule has 0 aliphatic rings. The van der Waals surface area contributed by atoms with E-state index in [9.17, 15) is 9.18 Å². The van der Waals surface area contributed by atoms with Crippen LogP contribution in [0.25, 0.3) is 5.69 Å². The summed E-state index contributed by atoms with van der Waals surface area (Å²) in [5, 5.41) is 12.0. The second kappa shape index (κ2) is 9.76. The Hall–Kier alpha value is -3.16. The second-order valence-electron chi connectivity index (χ2n) is 6.69. The van der Waals surface area contributed by atoms with Gasteiger partial charge in [-0.1, -0.05) is 78.0 Å². The molecule has 156 valence electrons. The van der Waals surface area contributed by atoms with E-state index in [0.29, 0.717) is 15.9 Å². The smallest absolute Gasteiger partial charge is 0.231 e. The molecule has 31 heavy (non-hydrogen) atoms. The van der Waals surface area contributed by atoms with Crippen molar-refractivity contribution in [1.29, 1.82) is 0 Å². The van der Waals surface area contributed by atoms with Crippen LogP contribution in [0.1, 0.15) is 17.2 Å². The Labute approximate surface area is 188 Å². The first-order chi connectivity index (χ1) is 15.1. The van der Waals surface area contributed by atoms with Gasteiger partial charge in [0.1, 0.15) is 12.1 Å². The van der Waals surface area contributed by atoms with Gasteiger partial charge in [0.05, 0.1) is 17.5 Å². The molecule has 1 aromatic heterocycles. The third-order valence-corrected chi connectivity index (χ3v) is 5.80. The predicted octanol–water partition coefficient (Wildman–Crippen LogP) is 5.06. The lowest BCUT2D eigenvalue weighted by Gasteiger charge is -2.20. The van der Waals surface area contributed by atoms with Gasteiger partial charge in [0.2, 0.25) is 5.91 Å². The highest BCUT2D eigenvalue weighted by molar-refractivity contribution is 7.99. The van der Waals surface area contributed by atoms with E-state index < -0.39 is 0 Å². The van der Waals surface area contributed by atoms with Crippen LogP contribution in [0.3, 0.4) is 0 Å². The molecule has 0 saturated heterocycles. The normalized spacial score (nSPS) is 11.8. The number of hydrogen-bond acceptors (Lipinski definition) is 4. The van der Waals surface area contributed by atoms with Crippen molar-refractivity contribution >= 4 is 29.3 Å². The summed E-state index contributed by atoms with van der Waals surface area (Å²) in [6, 6.07) is 23.1. The molecular weight excluding hydrogens is 435 g/mol. The van der Waals surface area contributed by atoms with Gasteiger partial charge < -0.3 is 5.32 Å². The molecule has 0 aliphatic carbocycles. The first kappa shape index (κ1) is 21.1. The molecule has 5 nitrogen and oxygen atoms in total. The molecule has 0 fully saturated rings. The number of aromatic nitrogens is 3. The molecule has 0 spiro atoms. The van der Waals surface area contributed by atoms with Gasteiger partial charge in [0.25, 0.3) is 0 Å². The molecule has 0 bridgehead atoms. The monoisotopic (exact) mass is 452 g/mol. The maximum atomic E-state index is 14.1. The molecule has 1 unspecified atom stereocenters. The number of amides is 1. The van der Waals surface area contributed by atoms with Crippen molar-refractivity contribution in [1.82, 2.24) is 20.1 Å². The Bertz CT molecular complexity index is 1170. The van der Waals surface area contributed by atoms with Gasteiger partial charge in [-0.15, -0.1) is 10.2 Å². The first-order valence-electron chi connectivity index (χ1n) is 9.49. The number of para-hydroxylation sites is 1. The third kappa shape index (κ3) is 5.13. The lowest BCUT2D eigenvalue weighted by Crippen LogP contribution is -2.30. The minimum absolute atomic E-state index is 0.101. The maximum absolute atomic E-state index is 14.1. The van der Waals surface area contributed by atoms with Crippen LogP contribution in [0.4, 0.5) is 4.39 Å². The molecule has 4 rings (SSSR count). The Morgan fingerprint density at radius 2 is 1.68 bits per heavy atom. The highest BCUT2D eigenvalue weighted by Gasteiger charge is 2.18. The van der Waals surface area contributed by atoms with E-state index in [1.54, 1.807) is 30.3 Å². The van der Waals surface area contributed by atoms with Crippen molar-refractivity contribution < 1.29 is 9.18 Å². The topological polar surface area (TPSA) is 59.8 Å². The van der Waals surface area contributed by atoms with E-state index in [1.165, 1.54) is 28.7 Å². The molecule has 8 heteroatoms. The van der Waals surface area contributed by atoms with Crippen LogP contribution in [-0.2, 0) is 4.79 Å². The van der Waals surface area contributed by atoms with Gasteiger partial charge in [-0.2, -0.15) is 0 Å². The molecule has 4 aromatic rings. The molecule has 1 heterocycles. The number of halogens is 2. The van der Waals surface area contributed by atoms with Crippen LogP contribution in [0.2, 0.25) is 5.02 Å². The van der Waals surface area contributed by atoms with Crippen molar-refractivity contribution in [2.45, 2.75) is 11.2 Å². The summed E-state index contributed by atoms with van der Waals surface area (Å²) in [6.07, 6.45) is 1.43. The summed E-state index contributed by atoms with van der Waals surface area (Å²) in [5.41, 5.74) is 2.21. The number of benzene rings is 3. The highest BCUT2D eigenvalue weighted by Crippen LogP contribution is 2.25. The minimum Gasteiger partial charge on any atom is -0.344 e. The van der Waals surface area contributed by atoms with E-state index in [4.69, 9.17) is 11.6 Å². The zero-order valence-corrected chi connectivity index (χ0v) is 17.9. The molecule has 1 atom stereocenters. The summed E-state index contributed by atoms with van der Waals surface area (Å²) >= 11 is 7.21. The zero-order chi connectivity index (χ0) is 21.6. The fraction of sp³-hybridized carbons (Fsp3) is 0.0870. The SMILES string of the molecule is O=C(CSc1nncn1-c1ccccc1F)NC(c1ccccc1)c1ccc(Cl)cc1. The Balaban J connectivity index is 1.49. The minimum atomic E-state index is -0.388. The number of hydrogen-bond donors (Lipinski definition) is 1. The molecular formula is C23H18ClFN4OS. The van der Waals surface area contributed by atoms with Crippen LogP contribution in [0.5, 0.6) is 0 Å². The molecule has 1 N–H and O–H groups in total. The lowest BCUT2D eigenvalue weighted by atomic mass is 9.99. The quantitative estimate of drug-likeness (QED) is 0.398. The Morgan fingerprint density at radius 1 is 1.00 bits per heavy atom. The van der Waals surface area contributed by atoms with Crippen molar-refractivity contribution in [3.05, 3.63) is 107 Å². The standard InChI is InChI=1S/C23H18ClFN4OS/c24-18-12-10-17(11-13-18)22(16-6-2-1-3-7-16)27-21(30)14-31-23-28-26-15-29(23)20-9-5-4-8-19(20)25/h1-13,15,22H,14H2,(H,27,30). The van der Waals surface area contributed by atoms with Crippen molar-refractivity contribution in [2.75, 3.05) is 5.75 Å². The lowest BCUT2D eigenvalue weighted by molar-refractivity contribution is -0.119. The maximum Gasteiger partial charge on any atom is 0.231 e. The van der Waals surface area contributed by atoms with Crippen molar-refractivity contribution in [3.8, 4) is 5.69 Å². The van der Waals surface area contributed by atoms with E-state index >= 15 is 0 Å². The number of nitrogens with one attached hydrogen (secondary N) is 1. The summed E-state index contributed by atoms with van der Waals surface area (Å²) in [4.78, 5) is 12.8. The predicted molar refractivity (Wildman–Crippen MR) is 120 cm³/mol. The summed E-state index contributed by atoms with van der Waals surface area (Å²) in [7, 11) is 0. The van der Waals surface area contributed by atoms with Crippen molar-refractivity contribution in [3.63, 3.8) is 0 Å². The Morgan fingerprint density at radius 3 is 2.42 bits per heavy atom. The van der Waals surface area contributed by atoms with Gasteiger partial charge in [-0.3, -0.25) is 9.36 Å². The van der Waals surface area contributed by atoms with Gasteiger partial charge in [-0.25, -0.2) is 4.39 Å². The largest absolute Gasteiger partial charge is 0.344 e. The first-order valence-corrected chi connectivity index (χ1v) is 10.9. The van der Waals surface area contributed by atoms with E-state index in [-0.39, 0.29) is 23.5 Å². The van der Waals surface area contributed by atoms with Crippen LogP contribution >= 0.6 is 23.4 Å². The third-order valence-electron chi connectivity index (χ3n) is 4.60. The summed E-state index contributed by atoms with van der Waals surface area (Å²) in [5.74, 6) is -0.471. The van der Waals surface area contributed by atoms with E-state index in [2.05, 4.69) is 15.5 Å². The zero-order valence-electron chi connectivity index (χ0n) is 16.3. The fourth-order valence-corrected chi connectivity index (χ4v) is 3.99. The second-order valence-corrected chi connectivity index (χ2v) is 8.07. The van der Waals surface area contributed by atoms with Crippen LogP contribution in [-0.4, -0.2) is 26.4 Å². The number of rotatable bonds is 7. The van der Waals surface area contributed by atoms with Gasteiger partial charge >= 0.3 is 0 Å². The Kier molecular flexibility index (Phi) is 6.64. The van der Waals surface area contributed by atoms with Crippen LogP contribution < -0.4 is 5.32 Å². The number of carbonyl (C=O) groups excluding carboxylic acids is 1. The van der Waals surface area contributed by atoms with Gasteiger partial charge in [0.15, 0.2) is 5.16 Å². The van der Waals surface area contributed by atoms with E-state index in [1.807, 2.05) is 42.5 Å². The van der Waals surface area contributed by atoms with Gasteiger partial charge in [-0.05, 0) is 35.4 Å². The molecule has 0 saturated carbocycles. The van der Waals surface area contributed by atoms with Gasteiger partial charge in [0, 0.05) is 5.02 Å². The molecule has 0 radical (unpaired) electrons. The summed E-state index contributed by atoms with van der Waals surface area (Å²) in [6.45, 7) is 0. The molecule has 1 amide bonds. The van der Waals surface area contributed by atoms with E-state index in [0.717, 1.165) is 11.1 Å². The average Bonchev–Trinajstić information content (AvgIpc) is 3.26. The molecule has 0 aliphatic heterocycles.